The number of aromatic nitrogens is 2. The summed E-state index contributed by atoms with van der Waals surface area (Å²) in [5, 5.41) is 12.5. The van der Waals surface area contributed by atoms with E-state index in [-0.39, 0.29) is 4.90 Å². The first kappa shape index (κ1) is 20.2. The van der Waals surface area contributed by atoms with E-state index in [1.54, 1.807) is 25.4 Å². The van der Waals surface area contributed by atoms with Crippen LogP contribution < -0.4 is 15.8 Å². The molecule has 4 N–H and O–H groups in total. The zero-order valence-corrected chi connectivity index (χ0v) is 16.4. The lowest BCUT2D eigenvalue weighted by Gasteiger charge is -2.10. The van der Waals surface area contributed by atoms with Crippen LogP contribution in [0.5, 0.6) is 0 Å². The highest BCUT2D eigenvalue weighted by molar-refractivity contribution is 7.89. The molecule has 1 aromatic heterocycles. The van der Waals surface area contributed by atoms with Gasteiger partial charge < -0.3 is 15.4 Å². The Balaban J connectivity index is 1.80. The number of ether oxygens (including phenoxy) is 1. The van der Waals surface area contributed by atoms with Crippen LogP contribution in [0, 0.1) is 0 Å². The molecule has 0 aliphatic carbocycles. The molecule has 1 heterocycles. The van der Waals surface area contributed by atoms with Crippen molar-refractivity contribution < 1.29 is 13.2 Å². The van der Waals surface area contributed by atoms with Gasteiger partial charge in [0.15, 0.2) is 0 Å². The standard InChI is InChI=1S/C19H23N5O3S/c1-27-10-4-9-21-12-14-5-2-6-15-13-22-19(24-18(14)15)23-16-7-3-8-17(11-16)28(20,25)26/h2-3,5-8,11,13,21H,4,9-10,12H2,1H3,(H2,20,25,26)(H,22,23,24). The van der Waals surface area contributed by atoms with Crippen molar-refractivity contribution in [3.63, 3.8) is 0 Å². The molecule has 9 heteroatoms. The normalized spacial score (nSPS) is 11.6. The third kappa shape index (κ3) is 5.23. The SMILES string of the molecule is COCCCNCc1cccc2cnc(Nc3cccc(S(N)(=O)=O)c3)nc12. The van der Waals surface area contributed by atoms with Crippen molar-refractivity contribution >= 4 is 32.6 Å². The number of hydrogen-bond donors (Lipinski definition) is 3. The number of primary sulfonamides is 1. The van der Waals surface area contributed by atoms with Gasteiger partial charge in [0.1, 0.15) is 0 Å². The first-order chi connectivity index (χ1) is 13.5. The molecule has 0 aliphatic rings. The molecule has 3 rings (SSSR count). The summed E-state index contributed by atoms with van der Waals surface area (Å²) >= 11 is 0. The van der Waals surface area contributed by atoms with Gasteiger partial charge in [-0.3, -0.25) is 0 Å². The number of para-hydroxylation sites is 1. The molecule has 8 nitrogen and oxygen atoms in total. The fourth-order valence-corrected chi connectivity index (χ4v) is 3.32. The highest BCUT2D eigenvalue weighted by Gasteiger charge is 2.09. The summed E-state index contributed by atoms with van der Waals surface area (Å²) in [6.07, 6.45) is 2.67. The van der Waals surface area contributed by atoms with Crippen LogP contribution >= 0.6 is 0 Å². The Morgan fingerprint density at radius 3 is 2.79 bits per heavy atom. The topological polar surface area (TPSA) is 119 Å². The predicted molar refractivity (Wildman–Crippen MR) is 109 cm³/mol. The zero-order chi connectivity index (χ0) is 20.0. The molecule has 28 heavy (non-hydrogen) atoms. The molecule has 2 aromatic carbocycles. The Hall–Kier alpha value is -2.59. The first-order valence-electron chi connectivity index (χ1n) is 8.81. The van der Waals surface area contributed by atoms with Gasteiger partial charge in [-0.05, 0) is 36.7 Å². The lowest BCUT2D eigenvalue weighted by atomic mass is 10.1. The number of nitrogens with zero attached hydrogens (tertiary/aromatic N) is 2. The summed E-state index contributed by atoms with van der Waals surface area (Å²) in [7, 11) is -2.08. The van der Waals surface area contributed by atoms with Crippen LogP contribution in [-0.2, 0) is 21.3 Å². The Kier molecular flexibility index (Phi) is 6.53. The fraction of sp³-hybridized carbons (Fsp3) is 0.263. The fourth-order valence-electron chi connectivity index (χ4n) is 2.76. The van der Waals surface area contributed by atoms with Crippen LogP contribution in [0.3, 0.4) is 0 Å². The Morgan fingerprint density at radius 1 is 1.18 bits per heavy atom. The van der Waals surface area contributed by atoms with Gasteiger partial charge in [0, 0.05) is 37.5 Å². The molecule has 0 saturated heterocycles. The average Bonchev–Trinajstić information content (AvgIpc) is 2.67. The molecule has 0 spiro atoms. The second-order valence-electron chi connectivity index (χ2n) is 6.27. The summed E-state index contributed by atoms with van der Waals surface area (Å²) < 4.78 is 28.1. The molecule has 0 fully saturated rings. The van der Waals surface area contributed by atoms with Gasteiger partial charge in [-0.15, -0.1) is 0 Å². The van der Waals surface area contributed by atoms with E-state index < -0.39 is 10.0 Å². The van der Waals surface area contributed by atoms with Crippen molar-refractivity contribution in [2.24, 2.45) is 5.14 Å². The van der Waals surface area contributed by atoms with Gasteiger partial charge in [-0.25, -0.2) is 23.5 Å². The predicted octanol–water partition coefficient (Wildman–Crippen LogP) is 2.15. The second-order valence-corrected chi connectivity index (χ2v) is 7.83. The van der Waals surface area contributed by atoms with E-state index in [0.717, 1.165) is 36.0 Å². The summed E-state index contributed by atoms with van der Waals surface area (Å²) in [6.45, 7) is 2.25. The summed E-state index contributed by atoms with van der Waals surface area (Å²) in [5.41, 5.74) is 2.43. The highest BCUT2D eigenvalue weighted by atomic mass is 32.2. The average molecular weight is 401 g/mol. The van der Waals surface area contributed by atoms with E-state index >= 15 is 0 Å². The quantitative estimate of drug-likeness (QED) is 0.470. The van der Waals surface area contributed by atoms with Gasteiger partial charge in [-0.2, -0.15) is 0 Å². The Morgan fingerprint density at radius 2 is 2.00 bits per heavy atom. The van der Waals surface area contributed by atoms with Crippen LogP contribution in [0.2, 0.25) is 0 Å². The molecular formula is C19H23N5O3S. The molecular weight excluding hydrogens is 378 g/mol. The molecule has 0 bridgehead atoms. The van der Waals surface area contributed by atoms with Crippen molar-refractivity contribution in [2.45, 2.75) is 17.9 Å². The maximum atomic E-state index is 11.5. The van der Waals surface area contributed by atoms with E-state index in [1.165, 1.54) is 12.1 Å². The number of anilines is 2. The monoisotopic (exact) mass is 401 g/mol. The Bertz CT molecular complexity index is 1060. The molecule has 148 valence electrons. The molecule has 3 aromatic rings. The number of sulfonamides is 1. The van der Waals surface area contributed by atoms with Crippen molar-refractivity contribution in [3.8, 4) is 0 Å². The van der Waals surface area contributed by atoms with Gasteiger partial charge in [0.2, 0.25) is 16.0 Å². The van der Waals surface area contributed by atoms with Crippen molar-refractivity contribution in [1.82, 2.24) is 15.3 Å². The van der Waals surface area contributed by atoms with Crippen molar-refractivity contribution in [3.05, 3.63) is 54.2 Å². The third-order valence-corrected chi connectivity index (χ3v) is 5.04. The van der Waals surface area contributed by atoms with Crippen molar-refractivity contribution in [1.29, 1.82) is 0 Å². The summed E-state index contributed by atoms with van der Waals surface area (Å²) in [4.78, 5) is 8.95. The maximum absolute atomic E-state index is 11.5. The van der Waals surface area contributed by atoms with E-state index in [0.29, 0.717) is 18.2 Å². The maximum Gasteiger partial charge on any atom is 0.238 e. The van der Waals surface area contributed by atoms with Crippen LogP contribution in [0.4, 0.5) is 11.6 Å². The number of methoxy groups -OCH3 is 1. The molecule has 0 aliphatic heterocycles. The Labute approximate surface area is 164 Å². The minimum absolute atomic E-state index is 0.0271. The zero-order valence-electron chi connectivity index (χ0n) is 15.6. The minimum Gasteiger partial charge on any atom is -0.385 e. The van der Waals surface area contributed by atoms with Crippen LogP contribution in [0.1, 0.15) is 12.0 Å². The smallest absolute Gasteiger partial charge is 0.238 e. The molecule has 0 atom stereocenters. The summed E-state index contributed by atoms with van der Waals surface area (Å²) in [6, 6.07) is 12.2. The first-order valence-corrected chi connectivity index (χ1v) is 10.4. The third-order valence-electron chi connectivity index (χ3n) is 4.13. The van der Waals surface area contributed by atoms with Crippen LogP contribution in [0.15, 0.2) is 53.6 Å². The van der Waals surface area contributed by atoms with E-state index in [9.17, 15) is 8.42 Å². The number of fused-ring (bicyclic) bond motifs is 1. The van der Waals surface area contributed by atoms with Crippen LogP contribution in [0.25, 0.3) is 10.9 Å². The highest BCUT2D eigenvalue weighted by Crippen LogP contribution is 2.21. The molecule has 0 radical (unpaired) electrons. The summed E-state index contributed by atoms with van der Waals surface area (Å²) in [5.74, 6) is 0.380. The lowest BCUT2D eigenvalue weighted by molar-refractivity contribution is 0.194. The van der Waals surface area contributed by atoms with E-state index in [4.69, 9.17) is 9.88 Å². The molecule has 0 unspecified atom stereocenters. The van der Waals surface area contributed by atoms with E-state index in [2.05, 4.69) is 20.6 Å². The van der Waals surface area contributed by atoms with Gasteiger partial charge in [-0.1, -0.05) is 24.3 Å². The number of rotatable bonds is 9. The van der Waals surface area contributed by atoms with Gasteiger partial charge >= 0.3 is 0 Å². The number of hydrogen-bond acceptors (Lipinski definition) is 7. The number of nitrogens with one attached hydrogen (secondary N) is 2. The second kappa shape index (κ2) is 9.07. The largest absolute Gasteiger partial charge is 0.385 e. The molecule has 0 saturated carbocycles. The number of benzene rings is 2. The van der Waals surface area contributed by atoms with Crippen LogP contribution in [-0.4, -0.2) is 38.6 Å². The van der Waals surface area contributed by atoms with Gasteiger partial charge in [0.05, 0.1) is 10.4 Å². The minimum atomic E-state index is -3.77. The number of nitrogens with two attached hydrogens (primary N) is 1. The van der Waals surface area contributed by atoms with E-state index in [1.807, 2.05) is 18.2 Å². The van der Waals surface area contributed by atoms with Gasteiger partial charge in [0.25, 0.3) is 0 Å². The lowest BCUT2D eigenvalue weighted by Crippen LogP contribution is -2.16. The van der Waals surface area contributed by atoms with Crippen molar-refractivity contribution in [2.75, 3.05) is 25.6 Å². The molecule has 0 amide bonds.